The molecule has 1 aliphatic heterocycles. The maximum absolute atomic E-state index is 10.8. The lowest BCUT2D eigenvalue weighted by Gasteiger charge is -2.09. The van der Waals surface area contributed by atoms with E-state index in [0.29, 0.717) is 0 Å². The van der Waals surface area contributed by atoms with Crippen molar-refractivity contribution in [1.82, 2.24) is 5.06 Å². The monoisotopic (exact) mass is 271 g/mol. The second kappa shape index (κ2) is 6.27. The molecular weight excluding hydrogens is 258 g/mol. The SMILES string of the molecule is CS(=O)(=O)ON1C(=O)CCC1=O.c1ccccc1. The van der Waals surface area contributed by atoms with Crippen molar-refractivity contribution in [3.05, 3.63) is 36.4 Å². The third-order valence-electron chi connectivity index (χ3n) is 1.88. The first-order valence-electron chi connectivity index (χ1n) is 5.15. The van der Waals surface area contributed by atoms with Gasteiger partial charge < -0.3 is 0 Å². The van der Waals surface area contributed by atoms with Gasteiger partial charge in [0.1, 0.15) is 0 Å². The topological polar surface area (TPSA) is 80.8 Å². The van der Waals surface area contributed by atoms with Crippen molar-refractivity contribution in [2.45, 2.75) is 12.8 Å². The number of imide groups is 1. The minimum Gasteiger partial charge on any atom is -0.272 e. The quantitative estimate of drug-likeness (QED) is 0.740. The highest BCUT2D eigenvalue weighted by atomic mass is 32.2. The van der Waals surface area contributed by atoms with Crippen LogP contribution in [0, 0.1) is 0 Å². The molecule has 0 atom stereocenters. The summed E-state index contributed by atoms with van der Waals surface area (Å²) in [6, 6.07) is 12.0. The number of rotatable bonds is 2. The molecular formula is C11H13NO5S. The Bertz CT molecular complexity index is 469. The molecule has 0 spiro atoms. The number of amides is 2. The Balaban J connectivity index is 0.000000225. The minimum absolute atomic E-state index is 0.00829. The van der Waals surface area contributed by atoms with Crippen LogP contribution in [-0.4, -0.2) is 31.6 Å². The summed E-state index contributed by atoms with van der Waals surface area (Å²) in [4.78, 5) is 21.6. The fourth-order valence-corrected chi connectivity index (χ4v) is 1.60. The van der Waals surface area contributed by atoms with Gasteiger partial charge in [0.05, 0.1) is 6.26 Å². The molecule has 1 aliphatic rings. The third kappa shape index (κ3) is 5.07. The van der Waals surface area contributed by atoms with E-state index in [2.05, 4.69) is 4.28 Å². The van der Waals surface area contributed by atoms with Crippen LogP contribution in [0.25, 0.3) is 0 Å². The molecule has 18 heavy (non-hydrogen) atoms. The Hall–Kier alpha value is -1.73. The molecule has 0 radical (unpaired) electrons. The molecule has 1 aromatic rings. The Morgan fingerprint density at radius 3 is 1.56 bits per heavy atom. The van der Waals surface area contributed by atoms with Crippen molar-refractivity contribution in [2.75, 3.05) is 6.26 Å². The van der Waals surface area contributed by atoms with E-state index in [4.69, 9.17) is 0 Å². The van der Waals surface area contributed by atoms with Crippen LogP contribution in [0.15, 0.2) is 36.4 Å². The smallest absolute Gasteiger partial charge is 0.272 e. The largest absolute Gasteiger partial charge is 0.285 e. The average Bonchev–Trinajstić information content (AvgIpc) is 2.62. The van der Waals surface area contributed by atoms with E-state index in [1.807, 2.05) is 36.4 Å². The molecule has 6 nitrogen and oxygen atoms in total. The van der Waals surface area contributed by atoms with Crippen molar-refractivity contribution in [2.24, 2.45) is 0 Å². The average molecular weight is 271 g/mol. The van der Waals surface area contributed by atoms with Gasteiger partial charge in [-0.25, -0.2) is 0 Å². The first-order valence-corrected chi connectivity index (χ1v) is 6.97. The first-order chi connectivity index (χ1) is 8.40. The van der Waals surface area contributed by atoms with Crippen LogP contribution in [0.4, 0.5) is 0 Å². The molecule has 0 saturated carbocycles. The number of hydrogen-bond acceptors (Lipinski definition) is 5. The second-order valence-electron chi connectivity index (χ2n) is 3.52. The van der Waals surface area contributed by atoms with Crippen molar-refractivity contribution < 1.29 is 22.3 Å². The van der Waals surface area contributed by atoms with Crippen LogP contribution in [0.5, 0.6) is 0 Å². The summed E-state index contributed by atoms with van der Waals surface area (Å²) in [5.74, 6) is -1.24. The summed E-state index contributed by atoms with van der Waals surface area (Å²) >= 11 is 0. The first kappa shape index (κ1) is 14.3. The normalized spacial score (nSPS) is 15.3. The molecule has 0 aromatic heterocycles. The molecule has 1 aromatic carbocycles. The number of hydroxylamine groups is 2. The fourth-order valence-electron chi connectivity index (χ4n) is 1.16. The predicted molar refractivity (Wildman–Crippen MR) is 63.5 cm³/mol. The van der Waals surface area contributed by atoms with Gasteiger partial charge in [0.25, 0.3) is 21.9 Å². The van der Waals surface area contributed by atoms with E-state index in [9.17, 15) is 18.0 Å². The van der Waals surface area contributed by atoms with E-state index >= 15 is 0 Å². The molecule has 0 N–H and O–H groups in total. The zero-order valence-electron chi connectivity index (χ0n) is 9.78. The van der Waals surface area contributed by atoms with Crippen LogP contribution in [0.3, 0.4) is 0 Å². The highest BCUT2D eigenvalue weighted by Gasteiger charge is 2.32. The summed E-state index contributed by atoms with van der Waals surface area (Å²) < 4.78 is 25.1. The lowest BCUT2D eigenvalue weighted by molar-refractivity contribution is -0.163. The molecule has 0 aliphatic carbocycles. The lowest BCUT2D eigenvalue weighted by Crippen LogP contribution is -2.31. The molecule has 1 saturated heterocycles. The zero-order chi connectivity index (χ0) is 13.6. The lowest BCUT2D eigenvalue weighted by atomic mass is 10.4. The summed E-state index contributed by atoms with van der Waals surface area (Å²) in [6.07, 6.45) is 0.786. The molecule has 0 bridgehead atoms. The predicted octanol–water partition coefficient (Wildman–Crippen LogP) is 0.713. The summed E-state index contributed by atoms with van der Waals surface area (Å²) in [5.41, 5.74) is 0. The van der Waals surface area contributed by atoms with Gasteiger partial charge in [0.2, 0.25) is 0 Å². The Kier molecular flexibility index (Phi) is 4.99. The molecule has 98 valence electrons. The summed E-state index contributed by atoms with van der Waals surface area (Å²) in [5, 5.41) is 0.287. The summed E-state index contributed by atoms with van der Waals surface area (Å²) in [7, 11) is -3.79. The van der Waals surface area contributed by atoms with Gasteiger partial charge in [-0.2, -0.15) is 8.42 Å². The van der Waals surface area contributed by atoms with Gasteiger partial charge in [0, 0.05) is 12.8 Å². The minimum atomic E-state index is -3.79. The van der Waals surface area contributed by atoms with Gasteiger partial charge in [-0.15, -0.1) is 9.35 Å². The van der Waals surface area contributed by atoms with Crippen LogP contribution in [0.2, 0.25) is 0 Å². The highest BCUT2D eigenvalue weighted by molar-refractivity contribution is 7.85. The van der Waals surface area contributed by atoms with E-state index < -0.39 is 21.9 Å². The number of carbonyl (C=O) groups excluding carboxylic acids is 2. The third-order valence-corrected chi connectivity index (χ3v) is 2.30. The maximum Gasteiger partial charge on any atom is 0.285 e. The molecule has 1 fully saturated rings. The number of benzene rings is 1. The Morgan fingerprint density at radius 2 is 1.28 bits per heavy atom. The van der Waals surface area contributed by atoms with Crippen LogP contribution < -0.4 is 0 Å². The maximum atomic E-state index is 10.8. The van der Waals surface area contributed by atoms with Gasteiger partial charge in [-0.1, -0.05) is 36.4 Å². The van der Waals surface area contributed by atoms with Gasteiger partial charge >= 0.3 is 0 Å². The number of carbonyl (C=O) groups is 2. The fraction of sp³-hybridized carbons (Fsp3) is 0.273. The second-order valence-corrected chi connectivity index (χ2v) is 5.07. The van der Waals surface area contributed by atoms with Gasteiger partial charge in [0.15, 0.2) is 0 Å². The van der Waals surface area contributed by atoms with Gasteiger partial charge in [-0.05, 0) is 0 Å². The molecule has 0 unspecified atom stereocenters. The van der Waals surface area contributed by atoms with Crippen LogP contribution in [0.1, 0.15) is 12.8 Å². The van der Waals surface area contributed by atoms with Crippen LogP contribution in [-0.2, 0) is 24.0 Å². The zero-order valence-corrected chi connectivity index (χ0v) is 10.6. The van der Waals surface area contributed by atoms with Crippen LogP contribution >= 0.6 is 0 Å². The highest BCUT2D eigenvalue weighted by Crippen LogP contribution is 2.13. The van der Waals surface area contributed by atoms with E-state index in [1.54, 1.807) is 0 Å². The van der Waals surface area contributed by atoms with E-state index in [1.165, 1.54) is 0 Å². The standard InChI is InChI=1S/C6H6.C5H7NO5S/c1-2-4-6-5-3-1;1-12(9,10)11-6-4(7)2-3-5(6)8/h1-6H;2-3H2,1H3. The van der Waals surface area contributed by atoms with E-state index in [0.717, 1.165) is 6.26 Å². The molecule has 2 rings (SSSR count). The van der Waals surface area contributed by atoms with Crippen molar-refractivity contribution in [1.29, 1.82) is 0 Å². The van der Waals surface area contributed by atoms with Gasteiger partial charge in [-0.3, -0.25) is 9.59 Å². The molecule has 1 heterocycles. The Labute approximate surface area is 105 Å². The number of hydrogen-bond donors (Lipinski definition) is 0. The molecule has 7 heteroatoms. The molecule has 2 amide bonds. The van der Waals surface area contributed by atoms with Crippen molar-refractivity contribution in [3.63, 3.8) is 0 Å². The van der Waals surface area contributed by atoms with Crippen molar-refractivity contribution >= 4 is 21.9 Å². The Morgan fingerprint density at radius 1 is 0.944 bits per heavy atom. The number of nitrogens with zero attached hydrogens (tertiary/aromatic N) is 1. The summed E-state index contributed by atoms with van der Waals surface area (Å²) in [6.45, 7) is 0. The van der Waals surface area contributed by atoms with Crippen molar-refractivity contribution in [3.8, 4) is 0 Å². The van der Waals surface area contributed by atoms with E-state index in [-0.39, 0.29) is 17.9 Å².